The van der Waals surface area contributed by atoms with Crippen molar-refractivity contribution in [3.05, 3.63) is 57.9 Å². The van der Waals surface area contributed by atoms with Gasteiger partial charge in [0.05, 0.1) is 4.92 Å². The van der Waals surface area contributed by atoms with Gasteiger partial charge in [-0.3, -0.25) is 15.1 Å². The smallest absolute Gasteiger partial charge is 0.298 e. The van der Waals surface area contributed by atoms with Crippen LogP contribution >= 0.6 is 0 Å². The second-order valence-electron chi connectivity index (χ2n) is 4.56. The first kappa shape index (κ1) is 13.0. The molecule has 0 unspecified atom stereocenters. The molecule has 0 fully saturated rings. The summed E-state index contributed by atoms with van der Waals surface area (Å²) in [6.45, 7) is 2.47. The van der Waals surface area contributed by atoms with Gasteiger partial charge >= 0.3 is 0 Å². The van der Waals surface area contributed by atoms with E-state index in [-0.39, 0.29) is 17.2 Å². The standard InChI is InChI=1S/C14H12N4O3/c1-9-7-15-6-5-10(9)8-16-14-17-13-11(18(19)20)3-2-4-12(13)21-14/h2-7H,8H2,1H3,(H,16,17). The number of aromatic nitrogens is 2. The van der Waals surface area contributed by atoms with Gasteiger partial charge in [-0.1, -0.05) is 6.07 Å². The van der Waals surface area contributed by atoms with E-state index in [0.717, 1.165) is 11.1 Å². The predicted octanol–water partition coefficient (Wildman–Crippen LogP) is 3.05. The van der Waals surface area contributed by atoms with Crippen molar-refractivity contribution >= 4 is 22.8 Å². The van der Waals surface area contributed by atoms with Crippen molar-refractivity contribution < 1.29 is 9.34 Å². The summed E-state index contributed by atoms with van der Waals surface area (Å²) in [6.07, 6.45) is 3.48. The highest BCUT2D eigenvalue weighted by Crippen LogP contribution is 2.27. The molecule has 0 radical (unpaired) electrons. The van der Waals surface area contributed by atoms with E-state index < -0.39 is 4.92 Å². The normalized spacial score (nSPS) is 10.7. The van der Waals surface area contributed by atoms with E-state index in [9.17, 15) is 10.1 Å². The van der Waals surface area contributed by atoms with Gasteiger partial charge in [0, 0.05) is 25.0 Å². The Morgan fingerprint density at radius 3 is 3.00 bits per heavy atom. The molecular formula is C14H12N4O3. The van der Waals surface area contributed by atoms with E-state index in [2.05, 4.69) is 15.3 Å². The van der Waals surface area contributed by atoms with Crippen LogP contribution in [0, 0.1) is 17.0 Å². The minimum atomic E-state index is -0.471. The SMILES string of the molecule is Cc1cnccc1CNc1nc2c([N+](=O)[O-])cccc2o1. The lowest BCUT2D eigenvalue weighted by atomic mass is 10.2. The molecule has 0 amide bonds. The summed E-state index contributed by atoms with van der Waals surface area (Å²) >= 11 is 0. The third-order valence-corrected chi connectivity index (χ3v) is 3.16. The monoisotopic (exact) mass is 284 g/mol. The number of rotatable bonds is 4. The molecule has 0 aliphatic heterocycles. The molecule has 21 heavy (non-hydrogen) atoms. The molecule has 0 saturated heterocycles. The summed E-state index contributed by atoms with van der Waals surface area (Å²) in [5.74, 6) is 0. The summed E-state index contributed by atoms with van der Waals surface area (Å²) in [4.78, 5) is 18.6. The van der Waals surface area contributed by atoms with Crippen molar-refractivity contribution in [1.29, 1.82) is 0 Å². The summed E-state index contributed by atoms with van der Waals surface area (Å²) in [5.41, 5.74) is 2.67. The number of nitrogens with zero attached hydrogens (tertiary/aromatic N) is 3. The molecule has 0 bridgehead atoms. The second kappa shape index (κ2) is 5.20. The number of para-hydroxylation sites is 1. The number of nitrogens with one attached hydrogen (secondary N) is 1. The minimum absolute atomic E-state index is 0.0654. The average Bonchev–Trinajstić information content (AvgIpc) is 2.88. The number of hydrogen-bond acceptors (Lipinski definition) is 6. The van der Waals surface area contributed by atoms with Crippen LogP contribution in [-0.2, 0) is 6.54 Å². The molecule has 0 saturated carbocycles. The van der Waals surface area contributed by atoms with E-state index in [0.29, 0.717) is 12.1 Å². The summed E-state index contributed by atoms with van der Waals surface area (Å²) in [7, 11) is 0. The van der Waals surface area contributed by atoms with Crippen molar-refractivity contribution in [3.63, 3.8) is 0 Å². The Balaban J connectivity index is 1.87. The van der Waals surface area contributed by atoms with Gasteiger partial charge in [-0.05, 0) is 30.2 Å². The molecular weight excluding hydrogens is 272 g/mol. The highest BCUT2D eigenvalue weighted by atomic mass is 16.6. The highest BCUT2D eigenvalue weighted by Gasteiger charge is 2.17. The third kappa shape index (κ3) is 2.53. The van der Waals surface area contributed by atoms with Crippen molar-refractivity contribution in [2.75, 3.05) is 5.32 Å². The third-order valence-electron chi connectivity index (χ3n) is 3.16. The lowest BCUT2D eigenvalue weighted by molar-refractivity contribution is -0.383. The molecule has 2 aromatic heterocycles. The van der Waals surface area contributed by atoms with Crippen LogP contribution in [0.3, 0.4) is 0 Å². The van der Waals surface area contributed by atoms with E-state index in [4.69, 9.17) is 4.42 Å². The van der Waals surface area contributed by atoms with Crippen molar-refractivity contribution in [3.8, 4) is 0 Å². The first-order chi connectivity index (χ1) is 10.1. The van der Waals surface area contributed by atoms with Gasteiger partial charge in [-0.25, -0.2) is 0 Å². The number of nitro benzene ring substituents is 1. The molecule has 7 nitrogen and oxygen atoms in total. The highest BCUT2D eigenvalue weighted by molar-refractivity contribution is 5.83. The summed E-state index contributed by atoms with van der Waals surface area (Å²) in [5, 5.41) is 14.0. The number of benzene rings is 1. The molecule has 106 valence electrons. The van der Waals surface area contributed by atoms with Crippen LogP contribution in [0.2, 0.25) is 0 Å². The van der Waals surface area contributed by atoms with Crippen LogP contribution in [0.5, 0.6) is 0 Å². The molecule has 3 rings (SSSR count). The van der Waals surface area contributed by atoms with Crippen LogP contribution in [-0.4, -0.2) is 14.9 Å². The number of hydrogen-bond donors (Lipinski definition) is 1. The number of non-ortho nitro benzene ring substituents is 1. The quantitative estimate of drug-likeness (QED) is 0.584. The van der Waals surface area contributed by atoms with Crippen LogP contribution in [0.25, 0.3) is 11.1 Å². The van der Waals surface area contributed by atoms with Gasteiger partial charge in [0.1, 0.15) is 0 Å². The van der Waals surface area contributed by atoms with Gasteiger partial charge in [0.2, 0.25) is 0 Å². The molecule has 0 aliphatic rings. The molecule has 1 aromatic carbocycles. The Morgan fingerprint density at radius 2 is 2.24 bits per heavy atom. The number of anilines is 1. The number of fused-ring (bicyclic) bond motifs is 1. The Kier molecular flexibility index (Phi) is 3.23. The lowest BCUT2D eigenvalue weighted by Gasteiger charge is -2.04. The van der Waals surface area contributed by atoms with Gasteiger partial charge in [-0.15, -0.1) is 0 Å². The molecule has 0 spiro atoms. The Bertz CT molecular complexity index is 813. The minimum Gasteiger partial charge on any atom is -0.423 e. The van der Waals surface area contributed by atoms with Crippen molar-refractivity contribution in [1.82, 2.24) is 9.97 Å². The zero-order chi connectivity index (χ0) is 14.8. The van der Waals surface area contributed by atoms with Gasteiger partial charge < -0.3 is 9.73 Å². The van der Waals surface area contributed by atoms with Gasteiger partial charge in [0.25, 0.3) is 11.7 Å². The largest absolute Gasteiger partial charge is 0.423 e. The summed E-state index contributed by atoms with van der Waals surface area (Å²) < 4.78 is 5.48. The molecule has 0 aliphatic carbocycles. The maximum atomic E-state index is 10.9. The fourth-order valence-electron chi connectivity index (χ4n) is 2.03. The second-order valence-corrected chi connectivity index (χ2v) is 4.56. The fourth-order valence-corrected chi connectivity index (χ4v) is 2.03. The van der Waals surface area contributed by atoms with Crippen LogP contribution in [0.1, 0.15) is 11.1 Å². The number of pyridine rings is 1. The first-order valence-electron chi connectivity index (χ1n) is 6.32. The van der Waals surface area contributed by atoms with Crippen LogP contribution in [0.4, 0.5) is 11.7 Å². The Labute approximate surface area is 119 Å². The zero-order valence-electron chi connectivity index (χ0n) is 11.2. The topological polar surface area (TPSA) is 94.1 Å². The number of nitro groups is 1. The van der Waals surface area contributed by atoms with Gasteiger partial charge in [-0.2, -0.15) is 4.98 Å². The van der Waals surface area contributed by atoms with E-state index in [1.54, 1.807) is 24.5 Å². The van der Waals surface area contributed by atoms with Crippen molar-refractivity contribution in [2.24, 2.45) is 0 Å². The maximum Gasteiger partial charge on any atom is 0.298 e. The zero-order valence-corrected chi connectivity index (χ0v) is 11.2. The number of aryl methyl sites for hydroxylation is 1. The Morgan fingerprint density at radius 1 is 1.38 bits per heavy atom. The molecule has 3 aromatic rings. The first-order valence-corrected chi connectivity index (χ1v) is 6.32. The van der Waals surface area contributed by atoms with Crippen LogP contribution < -0.4 is 5.32 Å². The lowest BCUT2D eigenvalue weighted by Crippen LogP contribution is -2.01. The molecule has 7 heteroatoms. The van der Waals surface area contributed by atoms with Crippen molar-refractivity contribution in [2.45, 2.75) is 13.5 Å². The van der Waals surface area contributed by atoms with Crippen LogP contribution in [0.15, 0.2) is 41.1 Å². The summed E-state index contributed by atoms with van der Waals surface area (Å²) in [6, 6.07) is 6.78. The Hall–Kier alpha value is -2.96. The molecule has 2 heterocycles. The maximum absolute atomic E-state index is 10.9. The van der Waals surface area contributed by atoms with Gasteiger partial charge in [0.15, 0.2) is 11.1 Å². The van der Waals surface area contributed by atoms with E-state index in [1.807, 2.05) is 13.0 Å². The average molecular weight is 284 g/mol. The molecule has 1 N–H and O–H groups in total. The van der Waals surface area contributed by atoms with E-state index >= 15 is 0 Å². The fraction of sp³-hybridized carbons (Fsp3) is 0.143. The predicted molar refractivity (Wildman–Crippen MR) is 77.0 cm³/mol. The number of oxazole rings is 1. The molecule has 0 atom stereocenters. The van der Waals surface area contributed by atoms with E-state index in [1.165, 1.54) is 6.07 Å².